The van der Waals surface area contributed by atoms with Crippen LogP contribution in [0.2, 0.25) is 0 Å². The SMILES string of the molecule is Nc1ccc(N2C=CNC2C=O)cc1. The molecule has 0 amide bonds. The molecule has 0 aliphatic carbocycles. The predicted molar refractivity (Wildman–Crippen MR) is 55.5 cm³/mol. The van der Waals surface area contributed by atoms with Crippen molar-refractivity contribution >= 4 is 17.7 Å². The van der Waals surface area contributed by atoms with Gasteiger partial charge < -0.3 is 16.0 Å². The van der Waals surface area contributed by atoms with Gasteiger partial charge >= 0.3 is 0 Å². The number of hydrogen-bond donors (Lipinski definition) is 2. The topological polar surface area (TPSA) is 58.4 Å². The molecular weight excluding hydrogens is 178 g/mol. The number of nitrogens with zero attached hydrogens (tertiary/aromatic N) is 1. The highest BCUT2D eigenvalue weighted by Crippen LogP contribution is 2.19. The highest BCUT2D eigenvalue weighted by atomic mass is 16.1. The van der Waals surface area contributed by atoms with Gasteiger partial charge in [0.2, 0.25) is 0 Å². The van der Waals surface area contributed by atoms with Gasteiger partial charge in [0.15, 0.2) is 12.5 Å². The molecule has 0 aromatic heterocycles. The first-order chi connectivity index (χ1) is 6.81. The maximum atomic E-state index is 10.7. The van der Waals surface area contributed by atoms with Crippen molar-refractivity contribution in [2.24, 2.45) is 0 Å². The number of anilines is 2. The van der Waals surface area contributed by atoms with E-state index in [9.17, 15) is 4.79 Å². The summed E-state index contributed by atoms with van der Waals surface area (Å²) in [5.41, 5.74) is 7.23. The van der Waals surface area contributed by atoms with Crippen molar-refractivity contribution in [3.05, 3.63) is 36.7 Å². The molecule has 0 saturated carbocycles. The Kier molecular flexibility index (Phi) is 2.10. The Labute approximate surface area is 82.0 Å². The van der Waals surface area contributed by atoms with Crippen molar-refractivity contribution in [1.82, 2.24) is 5.32 Å². The molecule has 0 radical (unpaired) electrons. The quantitative estimate of drug-likeness (QED) is 0.530. The third-order valence-corrected chi connectivity index (χ3v) is 2.12. The first-order valence-electron chi connectivity index (χ1n) is 4.33. The second kappa shape index (κ2) is 3.41. The van der Waals surface area contributed by atoms with Gasteiger partial charge in [0, 0.05) is 23.8 Å². The molecule has 1 aromatic rings. The van der Waals surface area contributed by atoms with Gasteiger partial charge in [-0.05, 0) is 24.3 Å². The Bertz CT molecular complexity index is 358. The van der Waals surface area contributed by atoms with Gasteiger partial charge in [-0.1, -0.05) is 0 Å². The van der Waals surface area contributed by atoms with Crippen LogP contribution in [0.5, 0.6) is 0 Å². The molecule has 0 saturated heterocycles. The molecule has 14 heavy (non-hydrogen) atoms. The lowest BCUT2D eigenvalue weighted by molar-refractivity contribution is -0.109. The summed E-state index contributed by atoms with van der Waals surface area (Å²) in [6.45, 7) is 0. The van der Waals surface area contributed by atoms with Gasteiger partial charge in [0.05, 0.1) is 0 Å². The molecule has 1 aliphatic rings. The highest BCUT2D eigenvalue weighted by Gasteiger charge is 2.18. The number of nitrogens with one attached hydrogen (secondary N) is 1. The Morgan fingerprint density at radius 2 is 2.07 bits per heavy atom. The molecule has 0 spiro atoms. The number of nitrogen functional groups attached to an aromatic ring is 1. The zero-order chi connectivity index (χ0) is 9.97. The number of hydrogen-bond acceptors (Lipinski definition) is 4. The van der Waals surface area contributed by atoms with Crippen molar-refractivity contribution in [3.63, 3.8) is 0 Å². The Morgan fingerprint density at radius 1 is 1.36 bits per heavy atom. The van der Waals surface area contributed by atoms with Crippen LogP contribution in [0.1, 0.15) is 0 Å². The van der Waals surface area contributed by atoms with Crippen LogP contribution in [0.15, 0.2) is 36.7 Å². The molecule has 4 nitrogen and oxygen atoms in total. The lowest BCUT2D eigenvalue weighted by atomic mass is 10.2. The van der Waals surface area contributed by atoms with Gasteiger partial charge in [-0.15, -0.1) is 0 Å². The summed E-state index contributed by atoms with van der Waals surface area (Å²) in [5, 5.41) is 2.92. The average molecular weight is 189 g/mol. The number of aldehydes is 1. The molecule has 3 N–H and O–H groups in total. The normalized spacial score (nSPS) is 19.4. The Hall–Kier alpha value is -1.97. The second-order valence-corrected chi connectivity index (χ2v) is 3.06. The third kappa shape index (κ3) is 1.42. The van der Waals surface area contributed by atoms with Gasteiger partial charge in [-0.2, -0.15) is 0 Å². The zero-order valence-electron chi connectivity index (χ0n) is 7.55. The number of benzene rings is 1. The molecule has 2 rings (SSSR count). The number of rotatable bonds is 2. The van der Waals surface area contributed by atoms with Crippen LogP contribution in [0, 0.1) is 0 Å². The Morgan fingerprint density at radius 3 is 2.71 bits per heavy atom. The second-order valence-electron chi connectivity index (χ2n) is 3.06. The van der Waals surface area contributed by atoms with E-state index in [1.54, 1.807) is 6.20 Å². The zero-order valence-corrected chi connectivity index (χ0v) is 7.55. The van der Waals surface area contributed by atoms with Crippen LogP contribution in [0.4, 0.5) is 11.4 Å². The smallest absolute Gasteiger partial charge is 0.163 e. The van der Waals surface area contributed by atoms with E-state index in [-0.39, 0.29) is 6.17 Å². The Balaban J connectivity index is 2.26. The number of carbonyl (C=O) groups is 1. The number of carbonyl (C=O) groups excluding carboxylic acids is 1. The predicted octanol–water partition coefficient (Wildman–Crippen LogP) is 0.675. The molecule has 4 heteroatoms. The minimum Gasteiger partial charge on any atom is -0.399 e. The molecule has 0 bridgehead atoms. The summed E-state index contributed by atoms with van der Waals surface area (Å²) in [6, 6.07) is 7.37. The van der Waals surface area contributed by atoms with E-state index in [4.69, 9.17) is 5.73 Å². The van der Waals surface area contributed by atoms with E-state index in [2.05, 4.69) is 5.32 Å². The first kappa shape index (κ1) is 8.62. The molecular formula is C10H11N3O. The molecule has 1 aliphatic heterocycles. The van der Waals surface area contributed by atoms with Gasteiger partial charge in [-0.25, -0.2) is 0 Å². The summed E-state index contributed by atoms with van der Waals surface area (Å²) < 4.78 is 0. The van der Waals surface area contributed by atoms with Crippen LogP contribution in [-0.4, -0.2) is 12.5 Å². The van der Waals surface area contributed by atoms with E-state index < -0.39 is 0 Å². The monoisotopic (exact) mass is 189 g/mol. The van der Waals surface area contributed by atoms with E-state index >= 15 is 0 Å². The summed E-state index contributed by atoms with van der Waals surface area (Å²) in [6.07, 6.45) is 4.12. The molecule has 0 fully saturated rings. The lowest BCUT2D eigenvalue weighted by Gasteiger charge is -2.20. The summed E-state index contributed by atoms with van der Waals surface area (Å²) >= 11 is 0. The van der Waals surface area contributed by atoms with Crippen LogP contribution in [0.3, 0.4) is 0 Å². The summed E-state index contributed by atoms with van der Waals surface area (Å²) in [7, 11) is 0. The highest BCUT2D eigenvalue weighted by molar-refractivity contribution is 5.69. The van der Waals surface area contributed by atoms with Crippen molar-refractivity contribution in [2.45, 2.75) is 6.17 Å². The van der Waals surface area contributed by atoms with Crippen molar-refractivity contribution < 1.29 is 4.79 Å². The molecule has 72 valence electrons. The van der Waals surface area contributed by atoms with Gasteiger partial charge in [0.25, 0.3) is 0 Å². The first-order valence-corrected chi connectivity index (χ1v) is 4.33. The standard InChI is InChI=1S/C10H11N3O/c11-8-1-3-9(4-2-8)13-6-5-12-10(13)7-14/h1-7,10,12H,11H2. The maximum Gasteiger partial charge on any atom is 0.163 e. The maximum absolute atomic E-state index is 10.7. The summed E-state index contributed by atoms with van der Waals surface area (Å²) in [5.74, 6) is 0. The molecule has 1 unspecified atom stereocenters. The fourth-order valence-corrected chi connectivity index (χ4v) is 1.39. The van der Waals surface area contributed by atoms with Crippen molar-refractivity contribution in [3.8, 4) is 0 Å². The van der Waals surface area contributed by atoms with E-state index in [0.717, 1.165) is 12.0 Å². The fourth-order valence-electron chi connectivity index (χ4n) is 1.39. The van der Waals surface area contributed by atoms with Crippen LogP contribution >= 0.6 is 0 Å². The third-order valence-electron chi connectivity index (χ3n) is 2.12. The van der Waals surface area contributed by atoms with E-state index in [0.29, 0.717) is 5.69 Å². The molecule has 1 heterocycles. The van der Waals surface area contributed by atoms with Crippen LogP contribution in [0.25, 0.3) is 0 Å². The summed E-state index contributed by atoms with van der Waals surface area (Å²) in [4.78, 5) is 12.5. The van der Waals surface area contributed by atoms with Crippen LogP contribution < -0.4 is 16.0 Å². The minimum atomic E-state index is -0.307. The molecule has 1 aromatic carbocycles. The van der Waals surface area contributed by atoms with Crippen molar-refractivity contribution in [1.29, 1.82) is 0 Å². The molecule has 1 atom stereocenters. The fraction of sp³-hybridized carbons (Fsp3) is 0.100. The largest absolute Gasteiger partial charge is 0.399 e. The van der Waals surface area contributed by atoms with E-state index in [1.165, 1.54) is 0 Å². The van der Waals surface area contributed by atoms with Gasteiger partial charge in [0.1, 0.15) is 0 Å². The van der Waals surface area contributed by atoms with Crippen molar-refractivity contribution in [2.75, 3.05) is 10.6 Å². The lowest BCUT2D eigenvalue weighted by Crippen LogP contribution is -2.36. The average Bonchev–Trinajstić information content (AvgIpc) is 2.67. The van der Waals surface area contributed by atoms with E-state index in [1.807, 2.05) is 35.4 Å². The number of nitrogens with two attached hydrogens (primary N) is 1. The minimum absolute atomic E-state index is 0.307. The van der Waals surface area contributed by atoms with Crippen LogP contribution in [-0.2, 0) is 4.79 Å². The van der Waals surface area contributed by atoms with Gasteiger partial charge in [-0.3, -0.25) is 4.79 Å².